The molecule has 3 rings (SSSR count). The largest absolute Gasteiger partial charge is 0.416 e. The molecule has 0 radical (unpaired) electrons. The van der Waals surface area contributed by atoms with Gasteiger partial charge in [-0.1, -0.05) is 24.3 Å². The van der Waals surface area contributed by atoms with E-state index in [4.69, 9.17) is 0 Å². The summed E-state index contributed by atoms with van der Waals surface area (Å²) in [5, 5.41) is 4.00. The number of nitrogens with zero attached hydrogens (tertiary/aromatic N) is 3. The fraction of sp³-hybridized carbons (Fsp3) is 0.190. The van der Waals surface area contributed by atoms with Crippen molar-refractivity contribution in [2.24, 2.45) is 0 Å². The molecule has 0 aliphatic rings. The minimum absolute atomic E-state index is 0.0492. The van der Waals surface area contributed by atoms with Crippen LogP contribution in [0.2, 0.25) is 0 Å². The van der Waals surface area contributed by atoms with Gasteiger partial charge in [0.25, 0.3) is 5.91 Å². The molecular weight excluding hydrogens is 402 g/mol. The fourth-order valence-electron chi connectivity index (χ4n) is 2.91. The Morgan fingerprint density at radius 1 is 1.10 bits per heavy atom. The van der Waals surface area contributed by atoms with Crippen molar-refractivity contribution in [1.29, 1.82) is 0 Å². The van der Waals surface area contributed by atoms with Crippen LogP contribution in [0, 0.1) is 12.7 Å². The second-order valence-corrected chi connectivity index (χ2v) is 6.71. The molecule has 3 aromatic rings. The van der Waals surface area contributed by atoms with Crippen molar-refractivity contribution in [2.45, 2.75) is 19.6 Å². The molecule has 2 aromatic carbocycles. The molecule has 0 fully saturated rings. The minimum atomic E-state index is -4.55. The zero-order valence-corrected chi connectivity index (χ0v) is 16.1. The lowest BCUT2D eigenvalue weighted by molar-refractivity contribution is -0.137. The van der Waals surface area contributed by atoms with Gasteiger partial charge in [-0.05, 0) is 31.2 Å². The van der Waals surface area contributed by atoms with Crippen LogP contribution in [0.4, 0.5) is 17.6 Å². The molecule has 0 aliphatic carbocycles. The van der Waals surface area contributed by atoms with E-state index in [1.807, 2.05) is 0 Å². The molecule has 0 unspecified atom stereocenters. The number of carbonyl (C=O) groups is 1. The third-order valence-electron chi connectivity index (χ3n) is 4.44. The minimum Gasteiger partial charge on any atom is -0.336 e. The fourth-order valence-corrected chi connectivity index (χ4v) is 2.91. The number of aryl methyl sites for hydroxylation is 1. The predicted molar refractivity (Wildman–Crippen MR) is 102 cm³/mol. The number of benzene rings is 2. The first-order valence-corrected chi connectivity index (χ1v) is 8.85. The first-order valence-electron chi connectivity index (χ1n) is 8.85. The van der Waals surface area contributed by atoms with Gasteiger partial charge in [-0.25, -0.2) is 9.07 Å². The Morgan fingerprint density at radius 3 is 2.47 bits per heavy atom. The molecule has 156 valence electrons. The highest BCUT2D eigenvalue weighted by atomic mass is 19.4. The molecule has 30 heavy (non-hydrogen) atoms. The summed E-state index contributed by atoms with van der Waals surface area (Å²) in [6.07, 6.45) is -4.55. The predicted octanol–water partition coefficient (Wildman–Crippen LogP) is 3.97. The summed E-state index contributed by atoms with van der Waals surface area (Å²) in [5.41, 5.74) is -1.48. The van der Waals surface area contributed by atoms with E-state index >= 15 is 0 Å². The van der Waals surface area contributed by atoms with Gasteiger partial charge in [0.2, 0.25) is 5.43 Å². The van der Waals surface area contributed by atoms with Gasteiger partial charge >= 0.3 is 6.18 Å². The average molecular weight is 419 g/mol. The number of alkyl halides is 3. The molecule has 0 bridgehead atoms. The van der Waals surface area contributed by atoms with Gasteiger partial charge < -0.3 is 4.90 Å². The SMILES string of the molecule is Cc1cc(=O)c(C(=O)N(C)Cc2ccccc2F)nn1-c1cccc(C(F)(F)F)c1. The van der Waals surface area contributed by atoms with Gasteiger partial charge in [-0.3, -0.25) is 9.59 Å². The van der Waals surface area contributed by atoms with Crippen molar-refractivity contribution in [3.8, 4) is 5.69 Å². The van der Waals surface area contributed by atoms with Gasteiger partial charge in [0.1, 0.15) is 5.82 Å². The van der Waals surface area contributed by atoms with E-state index in [0.29, 0.717) is 0 Å². The first-order chi connectivity index (χ1) is 14.1. The van der Waals surface area contributed by atoms with Gasteiger partial charge in [-0.2, -0.15) is 18.3 Å². The monoisotopic (exact) mass is 419 g/mol. The highest BCUT2D eigenvalue weighted by Gasteiger charge is 2.30. The van der Waals surface area contributed by atoms with Gasteiger partial charge in [0, 0.05) is 30.9 Å². The second-order valence-electron chi connectivity index (χ2n) is 6.71. The number of aromatic nitrogens is 2. The van der Waals surface area contributed by atoms with E-state index in [1.165, 1.54) is 44.3 Å². The van der Waals surface area contributed by atoms with Crippen molar-refractivity contribution in [3.63, 3.8) is 0 Å². The van der Waals surface area contributed by atoms with Crippen LogP contribution in [0.3, 0.4) is 0 Å². The first kappa shape index (κ1) is 21.2. The quantitative estimate of drug-likeness (QED) is 0.602. The van der Waals surface area contributed by atoms with Crippen LogP contribution >= 0.6 is 0 Å². The Bertz CT molecular complexity index is 1160. The molecule has 0 saturated carbocycles. The van der Waals surface area contributed by atoms with E-state index in [0.717, 1.165) is 27.8 Å². The van der Waals surface area contributed by atoms with Crippen molar-refractivity contribution in [1.82, 2.24) is 14.7 Å². The number of rotatable bonds is 4. The summed E-state index contributed by atoms with van der Waals surface area (Å²) in [4.78, 5) is 26.2. The number of hydrogen-bond acceptors (Lipinski definition) is 3. The standard InChI is InChI=1S/C21H17F4N3O2/c1-13-10-18(29)19(20(30)27(2)12-14-6-3-4-9-17(14)22)26-28(13)16-8-5-7-15(11-16)21(23,24)25/h3-11H,12H2,1-2H3. The summed E-state index contributed by atoms with van der Waals surface area (Å²) in [6.45, 7) is 1.38. The molecule has 9 heteroatoms. The van der Waals surface area contributed by atoms with Gasteiger partial charge in [0.15, 0.2) is 5.69 Å². The average Bonchev–Trinajstić information content (AvgIpc) is 2.69. The molecule has 5 nitrogen and oxygen atoms in total. The molecule has 0 atom stereocenters. The Morgan fingerprint density at radius 2 is 1.80 bits per heavy atom. The number of halogens is 4. The third kappa shape index (κ3) is 4.40. The molecule has 1 amide bonds. The molecule has 0 aliphatic heterocycles. The molecule has 1 aromatic heterocycles. The number of amides is 1. The lowest BCUT2D eigenvalue weighted by atomic mass is 10.2. The topological polar surface area (TPSA) is 55.2 Å². The summed E-state index contributed by atoms with van der Waals surface area (Å²) in [7, 11) is 1.38. The van der Waals surface area contributed by atoms with Crippen LogP contribution in [0.5, 0.6) is 0 Å². The summed E-state index contributed by atoms with van der Waals surface area (Å²) in [5.74, 6) is -1.28. The van der Waals surface area contributed by atoms with E-state index in [-0.39, 0.29) is 23.5 Å². The zero-order chi connectivity index (χ0) is 22.1. The van der Waals surface area contributed by atoms with Crippen molar-refractivity contribution in [3.05, 3.63) is 93.2 Å². The maximum absolute atomic E-state index is 13.9. The molecular formula is C21H17F4N3O2. The van der Waals surface area contributed by atoms with Crippen LogP contribution in [0.25, 0.3) is 5.69 Å². The highest BCUT2D eigenvalue weighted by molar-refractivity contribution is 5.91. The van der Waals surface area contributed by atoms with Crippen LogP contribution in [0.1, 0.15) is 27.3 Å². The highest BCUT2D eigenvalue weighted by Crippen LogP contribution is 2.30. The Hall–Kier alpha value is -3.49. The smallest absolute Gasteiger partial charge is 0.336 e. The summed E-state index contributed by atoms with van der Waals surface area (Å²) >= 11 is 0. The zero-order valence-electron chi connectivity index (χ0n) is 16.1. The van der Waals surface area contributed by atoms with Crippen LogP contribution in [-0.2, 0) is 12.7 Å². The van der Waals surface area contributed by atoms with E-state index in [9.17, 15) is 27.2 Å². The maximum Gasteiger partial charge on any atom is 0.416 e. The van der Waals surface area contributed by atoms with E-state index in [2.05, 4.69) is 5.10 Å². The van der Waals surface area contributed by atoms with E-state index in [1.54, 1.807) is 6.07 Å². The lowest BCUT2D eigenvalue weighted by Crippen LogP contribution is -2.33. The molecule has 0 saturated heterocycles. The number of hydrogen-bond donors (Lipinski definition) is 0. The third-order valence-corrected chi connectivity index (χ3v) is 4.44. The van der Waals surface area contributed by atoms with Gasteiger partial charge in [-0.15, -0.1) is 0 Å². The molecule has 1 heterocycles. The summed E-state index contributed by atoms with van der Waals surface area (Å²) < 4.78 is 54.0. The molecule has 0 N–H and O–H groups in total. The van der Waals surface area contributed by atoms with E-state index < -0.39 is 34.6 Å². The maximum atomic E-state index is 13.9. The van der Waals surface area contributed by atoms with Crippen LogP contribution in [-0.4, -0.2) is 27.6 Å². The number of carbonyl (C=O) groups excluding carboxylic acids is 1. The molecule has 0 spiro atoms. The van der Waals surface area contributed by atoms with Crippen molar-refractivity contribution < 1.29 is 22.4 Å². The Balaban J connectivity index is 1.98. The normalized spacial score (nSPS) is 11.4. The van der Waals surface area contributed by atoms with Crippen LogP contribution in [0.15, 0.2) is 59.4 Å². The van der Waals surface area contributed by atoms with Crippen molar-refractivity contribution in [2.75, 3.05) is 7.05 Å². The van der Waals surface area contributed by atoms with Crippen molar-refractivity contribution >= 4 is 5.91 Å². The Kier molecular flexibility index (Phi) is 5.73. The lowest BCUT2D eigenvalue weighted by Gasteiger charge is -2.18. The Labute approximate surface area is 169 Å². The van der Waals surface area contributed by atoms with Gasteiger partial charge in [0.05, 0.1) is 11.3 Å². The second kappa shape index (κ2) is 8.10. The summed E-state index contributed by atoms with van der Waals surface area (Å²) in [6, 6.07) is 11.4. The van der Waals surface area contributed by atoms with Crippen LogP contribution < -0.4 is 5.43 Å².